The van der Waals surface area contributed by atoms with Gasteiger partial charge < -0.3 is 5.73 Å². The topological polar surface area (TPSA) is 56.2 Å². The average molecular weight is 272 g/mol. The average Bonchev–Trinajstić information content (AvgIpc) is 2.95. The molecule has 0 radical (unpaired) electrons. The Labute approximate surface area is 115 Å². The summed E-state index contributed by atoms with van der Waals surface area (Å²) < 4.78 is 2.17. The highest BCUT2D eigenvalue weighted by atomic mass is 32.1. The van der Waals surface area contributed by atoms with E-state index in [-0.39, 0.29) is 0 Å². The zero-order chi connectivity index (χ0) is 13.2. The molecule has 3 aromatic rings. The minimum absolute atomic E-state index is 0.679. The molecule has 2 heterocycles. The molecule has 0 saturated heterocycles. The molecule has 0 amide bonds. The van der Waals surface area contributed by atoms with Crippen molar-refractivity contribution in [3.63, 3.8) is 0 Å². The lowest BCUT2D eigenvalue weighted by atomic mass is 10.1. The quantitative estimate of drug-likeness (QED) is 0.794. The van der Waals surface area contributed by atoms with E-state index in [0.717, 1.165) is 23.6 Å². The van der Waals surface area contributed by atoms with Crippen LogP contribution in [0.3, 0.4) is 0 Å². The molecule has 0 bridgehead atoms. The molecule has 0 fully saturated rings. The van der Waals surface area contributed by atoms with Crippen molar-refractivity contribution in [2.75, 3.05) is 6.54 Å². The summed E-state index contributed by atoms with van der Waals surface area (Å²) in [6, 6.07) is 10.4. The molecular formula is C14H16N4S. The first kappa shape index (κ1) is 12.3. The number of nitrogens with two attached hydrogens (primary N) is 1. The Morgan fingerprint density at radius 2 is 2.00 bits per heavy atom. The molecule has 0 aliphatic carbocycles. The monoisotopic (exact) mass is 272 g/mol. The Hall–Kier alpha value is -1.72. The number of aromatic nitrogens is 3. The van der Waals surface area contributed by atoms with Gasteiger partial charge in [-0.3, -0.25) is 4.40 Å². The van der Waals surface area contributed by atoms with Crippen LogP contribution in [0.2, 0.25) is 0 Å². The molecule has 0 aliphatic heterocycles. The summed E-state index contributed by atoms with van der Waals surface area (Å²) in [4.78, 5) is 2.23. The molecule has 0 saturated carbocycles. The Kier molecular flexibility index (Phi) is 3.31. The van der Waals surface area contributed by atoms with Gasteiger partial charge in [0, 0.05) is 11.3 Å². The fourth-order valence-corrected chi connectivity index (χ4v) is 3.23. The molecule has 2 aromatic heterocycles. The van der Waals surface area contributed by atoms with Crippen LogP contribution >= 0.6 is 11.3 Å². The molecule has 19 heavy (non-hydrogen) atoms. The molecule has 4 nitrogen and oxygen atoms in total. The van der Waals surface area contributed by atoms with Gasteiger partial charge in [-0.2, -0.15) is 0 Å². The van der Waals surface area contributed by atoms with Crippen molar-refractivity contribution >= 4 is 16.3 Å². The first-order valence-corrected chi connectivity index (χ1v) is 7.22. The smallest absolute Gasteiger partial charge is 0.216 e. The number of hydrogen-bond donors (Lipinski definition) is 1. The van der Waals surface area contributed by atoms with E-state index < -0.39 is 0 Å². The first-order valence-electron chi connectivity index (χ1n) is 6.40. The van der Waals surface area contributed by atoms with Crippen LogP contribution in [0.25, 0.3) is 16.2 Å². The number of hydrogen-bond acceptors (Lipinski definition) is 4. The number of fused-ring (bicyclic) bond motifs is 1. The highest BCUT2D eigenvalue weighted by molar-refractivity contribution is 7.17. The summed E-state index contributed by atoms with van der Waals surface area (Å²) in [5, 5.41) is 8.56. The predicted molar refractivity (Wildman–Crippen MR) is 78.4 cm³/mol. The van der Waals surface area contributed by atoms with Gasteiger partial charge in [-0.15, -0.1) is 10.2 Å². The van der Waals surface area contributed by atoms with E-state index in [0.29, 0.717) is 6.54 Å². The zero-order valence-electron chi connectivity index (χ0n) is 10.8. The number of thiazole rings is 1. The Morgan fingerprint density at radius 1 is 1.21 bits per heavy atom. The second-order valence-electron chi connectivity index (χ2n) is 4.50. The van der Waals surface area contributed by atoms with Crippen molar-refractivity contribution in [2.24, 2.45) is 5.73 Å². The minimum Gasteiger partial charge on any atom is -0.330 e. The van der Waals surface area contributed by atoms with Crippen molar-refractivity contribution in [1.82, 2.24) is 14.6 Å². The summed E-state index contributed by atoms with van der Waals surface area (Å²) in [6.07, 6.45) is 1.80. The zero-order valence-corrected chi connectivity index (χ0v) is 11.7. The van der Waals surface area contributed by atoms with Crippen LogP contribution in [0.15, 0.2) is 30.3 Å². The molecule has 0 aliphatic rings. The summed E-state index contributed by atoms with van der Waals surface area (Å²) in [5.74, 6) is 1.00. The third-order valence-electron chi connectivity index (χ3n) is 3.15. The molecule has 1 aromatic carbocycles. The lowest BCUT2D eigenvalue weighted by Gasteiger charge is -2.04. The number of benzene rings is 1. The van der Waals surface area contributed by atoms with Gasteiger partial charge in [0.05, 0.1) is 5.69 Å². The Balaban J connectivity index is 2.17. The highest BCUT2D eigenvalue weighted by Crippen LogP contribution is 2.31. The van der Waals surface area contributed by atoms with Crippen LogP contribution in [-0.2, 0) is 6.42 Å². The summed E-state index contributed by atoms with van der Waals surface area (Å²) in [7, 11) is 0. The first-order chi connectivity index (χ1) is 9.31. The predicted octanol–water partition coefficient (Wildman–Crippen LogP) is 2.66. The van der Waals surface area contributed by atoms with E-state index in [1.165, 1.54) is 16.1 Å². The number of aryl methyl sites for hydroxylation is 2. The van der Waals surface area contributed by atoms with Crippen LogP contribution in [-0.4, -0.2) is 21.1 Å². The van der Waals surface area contributed by atoms with Crippen molar-refractivity contribution in [3.8, 4) is 11.3 Å². The summed E-state index contributed by atoms with van der Waals surface area (Å²) >= 11 is 1.69. The highest BCUT2D eigenvalue weighted by Gasteiger charge is 2.16. The van der Waals surface area contributed by atoms with Gasteiger partial charge in [-0.1, -0.05) is 41.7 Å². The second kappa shape index (κ2) is 5.11. The lowest BCUT2D eigenvalue weighted by Crippen LogP contribution is -2.03. The third kappa shape index (κ3) is 2.15. The van der Waals surface area contributed by atoms with Crippen molar-refractivity contribution in [2.45, 2.75) is 19.8 Å². The van der Waals surface area contributed by atoms with E-state index in [2.05, 4.69) is 45.8 Å². The van der Waals surface area contributed by atoms with Crippen molar-refractivity contribution in [3.05, 3.63) is 41.0 Å². The van der Waals surface area contributed by atoms with Gasteiger partial charge in [0.1, 0.15) is 5.82 Å². The van der Waals surface area contributed by atoms with Crippen LogP contribution in [0, 0.1) is 6.92 Å². The SMILES string of the molecule is Cc1sc2nnc(CCCN)n2c1-c1ccccc1. The molecule has 2 N–H and O–H groups in total. The van der Waals surface area contributed by atoms with Gasteiger partial charge >= 0.3 is 0 Å². The molecule has 3 rings (SSSR count). The molecule has 0 atom stereocenters. The van der Waals surface area contributed by atoms with E-state index in [1.807, 2.05) is 6.07 Å². The van der Waals surface area contributed by atoms with E-state index in [9.17, 15) is 0 Å². The fraction of sp³-hybridized carbons (Fsp3) is 0.286. The molecule has 98 valence electrons. The number of rotatable bonds is 4. The van der Waals surface area contributed by atoms with Gasteiger partial charge in [0.2, 0.25) is 4.96 Å². The van der Waals surface area contributed by atoms with Gasteiger partial charge in [-0.25, -0.2) is 0 Å². The van der Waals surface area contributed by atoms with E-state index in [4.69, 9.17) is 5.73 Å². The van der Waals surface area contributed by atoms with Gasteiger partial charge in [0.15, 0.2) is 0 Å². The van der Waals surface area contributed by atoms with Crippen LogP contribution in [0.5, 0.6) is 0 Å². The number of nitrogens with zero attached hydrogens (tertiary/aromatic N) is 3. The molecule has 5 heteroatoms. The molecule has 0 spiro atoms. The largest absolute Gasteiger partial charge is 0.330 e. The van der Waals surface area contributed by atoms with E-state index >= 15 is 0 Å². The maximum Gasteiger partial charge on any atom is 0.216 e. The maximum atomic E-state index is 5.59. The van der Waals surface area contributed by atoms with Crippen LogP contribution in [0.4, 0.5) is 0 Å². The lowest BCUT2D eigenvalue weighted by molar-refractivity contribution is 0.772. The molecule has 0 unspecified atom stereocenters. The Morgan fingerprint density at radius 3 is 2.74 bits per heavy atom. The van der Waals surface area contributed by atoms with Crippen molar-refractivity contribution in [1.29, 1.82) is 0 Å². The second-order valence-corrected chi connectivity index (χ2v) is 5.68. The summed E-state index contributed by atoms with van der Waals surface area (Å²) in [6.45, 7) is 2.81. The van der Waals surface area contributed by atoms with Crippen LogP contribution in [0.1, 0.15) is 17.1 Å². The molecular weight excluding hydrogens is 256 g/mol. The van der Waals surface area contributed by atoms with Crippen molar-refractivity contribution < 1.29 is 0 Å². The van der Waals surface area contributed by atoms with Gasteiger partial charge in [-0.05, 0) is 25.5 Å². The van der Waals surface area contributed by atoms with Gasteiger partial charge in [0.25, 0.3) is 0 Å². The summed E-state index contributed by atoms with van der Waals surface area (Å²) in [5.41, 5.74) is 8.00. The van der Waals surface area contributed by atoms with E-state index in [1.54, 1.807) is 11.3 Å². The maximum absolute atomic E-state index is 5.59. The van der Waals surface area contributed by atoms with Crippen LogP contribution < -0.4 is 5.73 Å². The minimum atomic E-state index is 0.679. The third-order valence-corrected chi connectivity index (χ3v) is 4.10. The standard InChI is InChI=1S/C14H16N4S/c1-10-13(11-6-3-2-4-7-11)18-12(8-5-9-15)16-17-14(18)19-10/h2-4,6-7H,5,8-9,15H2,1H3. The normalized spacial score (nSPS) is 11.3. The fourth-order valence-electron chi connectivity index (χ4n) is 2.28. The Bertz CT molecular complexity index is 684.